The van der Waals surface area contributed by atoms with Crippen molar-refractivity contribution in [2.75, 3.05) is 12.4 Å². The van der Waals surface area contributed by atoms with E-state index in [9.17, 15) is 9.59 Å². The number of rotatable bonds is 5. The van der Waals surface area contributed by atoms with Gasteiger partial charge in [0.2, 0.25) is 0 Å². The summed E-state index contributed by atoms with van der Waals surface area (Å²) in [6.07, 6.45) is -0.928. The molecule has 24 heavy (non-hydrogen) atoms. The van der Waals surface area contributed by atoms with Gasteiger partial charge in [0, 0.05) is 5.69 Å². The maximum Gasteiger partial charge on any atom is 0.342 e. The SMILES string of the molecule is COc1ccc(C)cc1C(=O)O[C@H](C)C(=O)Nc1cccc(C)c1. The summed E-state index contributed by atoms with van der Waals surface area (Å²) in [5.74, 6) is -0.570. The standard InChI is InChI=1S/C19H21NO4/c1-12-6-5-7-15(10-12)20-18(21)14(3)24-19(22)16-11-13(2)8-9-17(16)23-4/h5-11,14H,1-4H3,(H,20,21)/t14-/m1/s1. The van der Waals surface area contributed by atoms with E-state index in [2.05, 4.69) is 5.32 Å². The molecule has 0 unspecified atom stereocenters. The second-order valence-corrected chi connectivity index (χ2v) is 5.61. The molecule has 0 saturated heterocycles. The molecule has 2 aromatic rings. The maximum atomic E-state index is 12.3. The Bertz CT molecular complexity index is 755. The predicted molar refractivity (Wildman–Crippen MR) is 92.4 cm³/mol. The van der Waals surface area contributed by atoms with Gasteiger partial charge in [0.1, 0.15) is 11.3 Å². The summed E-state index contributed by atoms with van der Waals surface area (Å²) in [4.78, 5) is 24.5. The van der Waals surface area contributed by atoms with Gasteiger partial charge in [0.15, 0.2) is 6.10 Å². The molecule has 2 rings (SSSR count). The summed E-state index contributed by atoms with van der Waals surface area (Å²) < 4.78 is 10.4. The minimum atomic E-state index is -0.928. The number of esters is 1. The normalized spacial score (nSPS) is 11.5. The third kappa shape index (κ3) is 4.35. The molecule has 1 amide bonds. The number of carbonyl (C=O) groups is 2. The number of hydrogen-bond acceptors (Lipinski definition) is 4. The summed E-state index contributed by atoms with van der Waals surface area (Å²) >= 11 is 0. The van der Waals surface area contributed by atoms with Crippen molar-refractivity contribution in [1.29, 1.82) is 0 Å². The molecule has 0 bridgehead atoms. The summed E-state index contributed by atoms with van der Waals surface area (Å²) in [5.41, 5.74) is 2.89. The summed E-state index contributed by atoms with van der Waals surface area (Å²) in [5, 5.41) is 2.73. The highest BCUT2D eigenvalue weighted by molar-refractivity contribution is 5.98. The minimum absolute atomic E-state index is 0.299. The zero-order chi connectivity index (χ0) is 17.7. The van der Waals surface area contributed by atoms with Crippen molar-refractivity contribution in [3.8, 4) is 5.75 Å². The lowest BCUT2D eigenvalue weighted by atomic mass is 10.1. The molecule has 0 aliphatic rings. The number of aryl methyl sites for hydroxylation is 2. The highest BCUT2D eigenvalue weighted by Crippen LogP contribution is 2.21. The molecule has 1 N–H and O–H groups in total. The van der Waals surface area contributed by atoms with Crippen molar-refractivity contribution in [3.05, 3.63) is 59.2 Å². The van der Waals surface area contributed by atoms with E-state index in [1.54, 1.807) is 18.2 Å². The van der Waals surface area contributed by atoms with E-state index in [1.807, 2.05) is 38.1 Å². The maximum absolute atomic E-state index is 12.3. The van der Waals surface area contributed by atoms with Crippen LogP contribution in [0.5, 0.6) is 5.75 Å². The van der Waals surface area contributed by atoms with Crippen LogP contribution >= 0.6 is 0 Å². The Balaban J connectivity index is 2.06. The zero-order valence-electron chi connectivity index (χ0n) is 14.3. The molecular weight excluding hydrogens is 306 g/mol. The van der Waals surface area contributed by atoms with Crippen LogP contribution in [0.4, 0.5) is 5.69 Å². The molecule has 5 heteroatoms. The van der Waals surface area contributed by atoms with Crippen LogP contribution in [0.3, 0.4) is 0 Å². The Morgan fingerprint density at radius 1 is 1.04 bits per heavy atom. The number of methoxy groups -OCH3 is 1. The van der Waals surface area contributed by atoms with Crippen LogP contribution < -0.4 is 10.1 Å². The number of benzene rings is 2. The van der Waals surface area contributed by atoms with Crippen LogP contribution in [0.25, 0.3) is 0 Å². The van der Waals surface area contributed by atoms with E-state index < -0.39 is 12.1 Å². The molecule has 1 atom stereocenters. The Kier molecular flexibility index (Phi) is 5.58. The van der Waals surface area contributed by atoms with Crippen molar-refractivity contribution in [3.63, 3.8) is 0 Å². The molecule has 0 fully saturated rings. The van der Waals surface area contributed by atoms with Gasteiger partial charge in [0.05, 0.1) is 7.11 Å². The first-order valence-electron chi connectivity index (χ1n) is 7.64. The highest BCUT2D eigenvalue weighted by atomic mass is 16.5. The lowest BCUT2D eigenvalue weighted by Crippen LogP contribution is -2.30. The molecule has 5 nitrogen and oxygen atoms in total. The summed E-state index contributed by atoms with van der Waals surface area (Å²) in [6.45, 7) is 5.33. The lowest BCUT2D eigenvalue weighted by molar-refractivity contribution is -0.123. The fourth-order valence-electron chi connectivity index (χ4n) is 2.23. The number of anilines is 1. The first-order valence-corrected chi connectivity index (χ1v) is 7.64. The van der Waals surface area contributed by atoms with Crippen molar-refractivity contribution >= 4 is 17.6 Å². The number of hydrogen-bond donors (Lipinski definition) is 1. The molecule has 0 heterocycles. The van der Waals surface area contributed by atoms with E-state index in [4.69, 9.17) is 9.47 Å². The molecule has 0 radical (unpaired) electrons. The third-order valence-electron chi connectivity index (χ3n) is 3.51. The molecule has 0 aliphatic heterocycles. The molecule has 0 saturated carbocycles. The fraction of sp³-hybridized carbons (Fsp3) is 0.263. The van der Waals surface area contributed by atoms with E-state index >= 15 is 0 Å². The minimum Gasteiger partial charge on any atom is -0.496 e. The van der Waals surface area contributed by atoms with Crippen LogP contribution in [0, 0.1) is 13.8 Å². The van der Waals surface area contributed by atoms with Gasteiger partial charge < -0.3 is 14.8 Å². The third-order valence-corrected chi connectivity index (χ3v) is 3.51. The van der Waals surface area contributed by atoms with Crippen LogP contribution in [0.1, 0.15) is 28.4 Å². The number of amides is 1. The molecule has 2 aromatic carbocycles. The number of nitrogens with one attached hydrogen (secondary N) is 1. The van der Waals surface area contributed by atoms with E-state index in [1.165, 1.54) is 14.0 Å². The van der Waals surface area contributed by atoms with Crippen molar-refractivity contribution in [2.45, 2.75) is 26.9 Å². The lowest BCUT2D eigenvalue weighted by Gasteiger charge is -2.15. The average molecular weight is 327 g/mol. The van der Waals surface area contributed by atoms with Gasteiger partial charge >= 0.3 is 5.97 Å². The fourth-order valence-corrected chi connectivity index (χ4v) is 2.23. The van der Waals surface area contributed by atoms with E-state index in [-0.39, 0.29) is 5.91 Å². The molecule has 0 aromatic heterocycles. The topological polar surface area (TPSA) is 64.6 Å². The van der Waals surface area contributed by atoms with Crippen LogP contribution in [-0.4, -0.2) is 25.1 Å². The molecule has 126 valence electrons. The van der Waals surface area contributed by atoms with Gasteiger partial charge in [0.25, 0.3) is 5.91 Å². The summed E-state index contributed by atoms with van der Waals surface area (Å²) in [6, 6.07) is 12.6. The first-order chi connectivity index (χ1) is 11.4. The second kappa shape index (κ2) is 7.64. The Labute approximate surface area is 141 Å². The predicted octanol–water partition coefficient (Wildman–Crippen LogP) is 3.50. The first kappa shape index (κ1) is 17.5. The van der Waals surface area contributed by atoms with Crippen molar-refractivity contribution in [2.24, 2.45) is 0 Å². The largest absolute Gasteiger partial charge is 0.496 e. The van der Waals surface area contributed by atoms with Crippen molar-refractivity contribution < 1.29 is 19.1 Å². The van der Waals surface area contributed by atoms with E-state index in [0.29, 0.717) is 17.0 Å². The second-order valence-electron chi connectivity index (χ2n) is 5.61. The van der Waals surface area contributed by atoms with Crippen LogP contribution in [0.15, 0.2) is 42.5 Å². The van der Waals surface area contributed by atoms with Gasteiger partial charge in [-0.2, -0.15) is 0 Å². The average Bonchev–Trinajstić information content (AvgIpc) is 2.54. The molecule has 0 aliphatic carbocycles. The van der Waals surface area contributed by atoms with Gasteiger partial charge in [-0.3, -0.25) is 4.79 Å². The number of carbonyl (C=O) groups excluding carboxylic acids is 2. The smallest absolute Gasteiger partial charge is 0.342 e. The Hall–Kier alpha value is -2.82. The summed E-state index contributed by atoms with van der Waals surface area (Å²) in [7, 11) is 1.48. The van der Waals surface area contributed by atoms with Crippen LogP contribution in [-0.2, 0) is 9.53 Å². The monoisotopic (exact) mass is 327 g/mol. The van der Waals surface area contributed by atoms with Crippen molar-refractivity contribution in [1.82, 2.24) is 0 Å². The Morgan fingerprint density at radius 3 is 2.42 bits per heavy atom. The van der Waals surface area contributed by atoms with Gasteiger partial charge in [-0.25, -0.2) is 4.79 Å². The van der Waals surface area contributed by atoms with Gasteiger partial charge in [-0.1, -0.05) is 23.8 Å². The zero-order valence-corrected chi connectivity index (χ0v) is 14.3. The quantitative estimate of drug-likeness (QED) is 0.854. The highest BCUT2D eigenvalue weighted by Gasteiger charge is 2.21. The van der Waals surface area contributed by atoms with Gasteiger partial charge in [-0.05, 0) is 50.6 Å². The molecular formula is C19H21NO4. The number of ether oxygens (including phenoxy) is 2. The van der Waals surface area contributed by atoms with E-state index in [0.717, 1.165) is 11.1 Å². The van der Waals surface area contributed by atoms with Crippen LogP contribution in [0.2, 0.25) is 0 Å². The Morgan fingerprint density at radius 2 is 1.75 bits per heavy atom. The molecule has 0 spiro atoms. The van der Waals surface area contributed by atoms with Gasteiger partial charge in [-0.15, -0.1) is 0 Å².